The van der Waals surface area contributed by atoms with Gasteiger partial charge in [0.25, 0.3) is 35.4 Å². The molecule has 766 valence electrons. The van der Waals surface area contributed by atoms with E-state index in [0.29, 0.717) is 28.2 Å². The number of aromatic hydroxyl groups is 11. The number of nitrogens with zero attached hydrogens (tertiary/aromatic N) is 19. The lowest BCUT2D eigenvalue weighted by atomic mass is 9.95. The Balaban J connectivity index is 0.000000243. The molecule has 0 bridgehead atoms. The maximum Gasteiger partial charge on any atom is 0.315 e. The molecular formula is C88H66ClN25O34S2. The van der Waals surface area contributed by atoms with E-state index >= 15 is 0 Å². The number of nitriles is 6. The number of ether oxygens (including phenoxy) is 1. The van der Waals surface area contributed by atoms with Crippen molar-refractivity contribution in [2.45, 2.75) is 51.2 Å². The quantitative estimate of drug-likeness (QED) is 0.00568. The largest absolute Gasteiger partial charge is 0.506 e. The van der Waals surface area contributed by atoms with Crippen LogP contribution in [0.15, 0.2) is 186 Å². The lowest BCUT2D eigenvalue weighted by Gasteiger charge is -2.22. The van der Waals surface area contributed by atoms with Crippen molar-refractivity contribution in [3.05, 3.63) is 296 Å². The van der Waals surface area contributed by atoms with Crippen LogP contribution in [0.3, 0.4) is 0 Å². The summed E-state index contributed by atoms with van der Waals surface area (Å²) in [5.41, 5.74) is -8.49. The summed E-state index contributed by atoms with van der Waals surface area (Å²) in [7, 11) is 1.16. The van der Waals surface area contributed by atoms with Crippen LogP contribution in [-0.2, 0) is 41.9 Å². The van der Waals surface area contributed by atoms with Gasteiger partial charge in [0.15, 0.2) is 61.9 Å². The average Bonchev–Trinajstić information content (AvgIpc) is 1.33. The van der Waals surface area contributed by atoms with E-state index in [9.17, 15) is 171 Å². The molecule has 59 nitrogen and oxygen atoms in total. The van der Waals surface area contributed by atoms with E-state index in [2.05, 4.69) is 66.2 Å². The van der Waals surface area contributed by atoms with Gasteiger partial charge >= 0.3 is 34.1 Å². The third-order valence-corrected chi connectivity index (χ3v) is 20.5. The number of phenols is 11. The van der Waals surface area contributed by atoms with E-state index in [1.807, 2.05) is 0 Å². The number of rotatable bonds is 27. The summed E-state index contributed by atoms with van der Waals surface area (Å²) in [6, 6.07) is 29.1. The number of halogens is 1. The fraction of sp³-hybridized carbons (Fsp3) is 0.102. The monoisotopic (exact) mass is 2120 g/mol. The minimum Gasteiger partial charge on any atom is -0.506 e. The van der Waals surface area contributed by atoms with E-state index in [1.54, 1.807) is 47.9 Å². The Hall–Kier alpha value is -22.4. The minimum absolute atomic E-state index is 0.000191. The Labute approximate surface area is 848 Å². The zero-order valence-electron chi connectivity index (χ0n) is 75.3. The van der Waals surface area contributed by atoms with Crippen LogP contribution in [0.5, 0.6) is 69.0 Å². The van der Waals surface area contributed by atoms with E-state index < -0.39 is 213 Å². The van der Waals surface area contributed by atoms with Gasteiger partial charge in [0.05, 0.1) is 61.1 Å². The number of aliphatic hydroxyl groups excluding tert-OH is 4. The molecule has 4 heterocycles. The molecule has 21 N–H and O–H groups in total. The molecule has 12 rings (SSSR count). The highest BCUT2D eigenvalue weighted by atomic mass is 35.5. The molecule has 62 heteroatoms. The van der Waals surface area contributed by atoms with E-state index in [1.165, 1.54) is 61.6 Å². The Morgan fingerprint density at radius 3 is 1.13 bits per heavy atom. The molecule has 0 radical (unpaired) electrons. The zero-order valence-corrected chi connectivity index (χ0v) is 77.7. The number of benzene rings is 7. The third-order valence-electron chi connectivity index (χ3n) is 19.0. The summed E-state index contributed by atoms with van der Waals surface area (Å²) < 4.78 is 8.45. The molecule has 6 amide bonds. The molecule has 0 aliphatic heterocycles. The van der Waals surface area contributed by atoms with Gasteiger partial charge in [-0.1, -0.05) is 36.9 Å². The summed E-state index contributed by atoms with van der Waals surface area (Å²) in [6.45, 7) is -0.0837. The number of phenolic OH excluding ortho intramolecular Hbond substituents is 11. The number of nitrogens with one attached hydrogen (secondary N) is 6. The number of carbonyl (C=O) groups excluding carboxylic acids is 6. The molecule has 1 aliphatic rings. The molecule has 11 aromatic rings. The number of aliphatic hydroxyl groups is 4. The smallest absolute Gasteiger partial charge is 0.315 e. The van der Waals surface area contributed by atoms with Gasteiger partial charge in [0, 0.05) is 111 Å². The van der Waals surface area contributed by atoms with E-state index in [0.717, 1.165) is 147 Å². The van der Waals surface area contributed by atoms with Gasteiger partial charge in [0.2, 0.25) is 39.6 Å². The second-order valence-electron chi connectivity index (χ2n) is 28.7. The van der Waals surface area contributed by atoms with Gasteiger partial charge in [-0.2, -0.15) is 35.9 Å². The molecule has 0 atom stereocenters. The van der Waals surface area contributed by atoms with E-state index in [4.69, 9.17) is 42.6 Å². The summed E-state index contributed by atoms with van der Waals surface area (Å²) >= 11 is 7.71. The van der Waals surface area contributed by atoms with Crippen molar-refractivity contribution in [1.82, 2.24) is 50.2 Å². The van der Waals surface area contributed by atoms with E-state index in [-0.39, 0.29) is 74.1 Å². The van der Waals surface area contributed by atoms with Crippen molar-refractivity contribution in [2.75, 3.05) is 23.1 Å². The first-order chi connectivity index (χ1) is 71.1. The molecule has 0 saturated heterocycles. The first-order valence-corrected chi connectivity index (χ1v) is 42.6. The summed E-state index contributed by atoms with van der Waals surface area (Å²) in [5, 5.41) is 282. The number of methoxy groups -OCH3 is 1. The third kappa shape index (κ3) is 31.3. The highest BCUT2D eigenvalue weighted by Gasteiger charge is 2.32. The summed E-state index contributed by atoms with van der Waals surface area (Å²) in [6.07, 6.45) is 15.1. The maximum absolute atomic E-state index is 12.2. The Kier molecular flexibility index (Phi) is 41.1. The van der Waals surface area contributed by atoms with Crippen LogP contribution in [-0.4, -0.2) is 189 Å². The van der Waals surface area contributed by atoms with Crippen LogP contribution in [0.4, 0.5) is 50.1 Å². The number of aromatic nitrogens is 7. The van der Waals surface area contributed by atoms with Crippen LogP contribution in [0.1, 0.15) is 76.9 Å². The van der Waals surface area contributed by atoms with Crippen molar-refractivity contribution in [2.24, 2.45) is 0 Å². The Morgan fingerprint density at radius 2 is 0.787 bits per heavy atom. The predicted octanol–water partition coefficient (Wildman–Crippen LogP) is 10.9. The normalized spacial score (nSPS) is 11.8. The number of nitro groups is 6. The van der Waals surface area contributed by atoms with Gasteiger partial charge in [-0.05, 0) is 103 Å². The van der Waals surface area contributed by atoms with Gasteiger partial charge in [0.1, 0.15) is 89.6 Å². The van der Waals surface area contributed by atoms with Gasteiger partial charge < -0.3 is 103 Å². The van der Waals surface area contributed by atoms with Gasteiger partial charge in [-0.25, -0.2) is 29.9 Å². The lowest BCUT2D eigenvalue weighted by molar-refractivity contribution is -0.386. The highest BCUT2D eigenvalue weighted by Crippen LogP contribution is 2.44. The molecule has 1 fully saturated rings. The van der Waals surface area contributed by atoms with Crippen LogP contribution in [0.2, 0.25) is 5.02 Å². The second-order valence-corrected chi connectivity index (χ2v) is 30.8. The highest BCUT2D eigenvalue weighted by molar-refractivity contribution is 7.13. The van der Waals surface area contributed by atoms with Crippen LogP contribution < -0.4 is 36.6 Å². The SMILES string of the molecule is COc1cc(/C(O)=C(\C#N)C(=O)NCc2ccncn2)cc([N+](=O)[O-])c1O.N#C/C(=C\c1cc(O)c(O)c([N+](=O)[O-])c1)C(=O)NC1CCCCC1.N#C/C(=C\c1cc(O)c(O)c([N+](=O)[O-])c1)C(=O)Nc1cccc(Cl)c1.N#C/C(C(=O)NCc1ccncn1)=C(/O)c1cc(O)c(O)c([N+](=O)[O-])c1.N#C/C(C(=O)Nc1nccs1)=C(/O)c1cc(O)c(O)c([N+](=O)[O-])c1.N#C/C(C(=O)Nc1ncns1)=C(/O)c1cc(O)c(O)c([N+](=O)[O-])c1. The number of nitro benzene ring substituents is 6. The average molecular weight is 2120 g/mol. The van der Waals surface area contributed by atoms with Gasteiger partial charge in [-0.15, -0.1) is 11.3 Å². The number of hydrogen-bond donors (Lipinski definition) is 21. The number of thiazole rings is 1. The fourth-order valence-electron chi connectivity index (χ4n) is 11.9. The van der Waals surface area contributed by atoms with Crippen molar-refractivity contribution in [1.29, 1.82) is 31.6 Å². The van der Waals surface area contributed by atoms with Crippen LogP contribution in [0, 0.1) is 129 Å². The summed E-state index contributed by atoms with van der Waals surface area (Å²) in [5.74, 6) is -18.6. The molecule has 0 spiro atoms. The number of amides is 6. The van der Waals surface area contributed by atoms with Crippen molar-refractivity contribution in [3.8, 4) is 105 Å². The first-order valence-electron chi connectivity index (χ1n) is 40.6. The maximum atomic E-state index is 12.2. The van der Waals surface area contributed by atoms with Crippen molar-refractivity contribution < 1.29 is 140 Å². The topological polar surface area (TPSA) is 979 Å². The van der Waals surface area contributed by atoms with Crippen LogP contribution >= 0.6 is 34.5 Å². The molecule has 7 aromatic carbocycles. The molecular weight excluding hydrogens is 2050 g/mol. The van der Waals surface area contributed by atoms with Crippen LogP contribution in [0.25, 0.3) is 35.2 Å². The fourth-order valence-corrected chi connectivity index (χ4v) is 13.0. The number of hydrogen-bond acceptors (Lipinski definition) is 49. The summed E-state index contributed by atoms with van der Waals surface area (Å²) in [4.78, 5) is 155. The predicted molar refractivity (Wildman–Crippen MR) is 513 cm³/mol. The molecule has 0 unspecified atom stereocenters. The molecule has 4 aromatic heterocycles. The Morgan fingerprint density at radius 1 is 0.420 bits per heavy atom. The zero-order chi connectivity index (χ0) is 111. The second kappa shape index (κ2) is 53.8. The minimum atomic E-state index is -1.03. The molecule has 1 saturated carbocycles. The number of anilines is 3. The molecule has 150 heavy (non-hydrogen) atoms. The van der Waals surface area contributed by atoms with Gasteiger partial charge in [-0.3, -0.25) is 100 Å². The molecule has 1 aliphatic carbocycles. The standard InChI is InChI=1S/C16H10ClN3O5.C16H13N5O6.C16H17N3O5.C15H11N5O6.C13H8N4O6S.C12H7N5O6S/c17-11-2-1-3-12(7-11)19-16(23)10(8-18)4-9-5-13(20(24)25)15(22)14(21)6-9;1-27-13-5-9(4-12(15(13)23)21(25)26)14(22)11(6-17)16(24)19-7-10-2-3-18-8-20-10;17-9-11(16(22)18-12-4-2-1-3-5-12)6-10-7-13(19(23)24)15(21)14(20)8-10;16-5-10(15(24)18-6-9-1-2-17-7-19-9)13(22)8-3-11(20(25)26)14(23)12(21)4-8;14-5-7(12(21)16-13-15-1-2-24-13)10(19)6-3-8(17(22)23)11(20)9(18)4-6;13-3-6(11(21)16-12-14-4-15-24-12)9(19)5-1-7(17(22)23)10(20)8(18)2-5/h1-7,21-22H,(H,19,23);2-5,8,22-23H,7H2,1H3,(H,19,24);6-8,12,20-21H,1-5H2,(H,18,22);1-4,7,21-23H,6H2,(H,18,24);1-4,18-20H,(H,15,16,21);1-2,4,18-20H,(H,14,15,16,21)/b10-4+;14-11-;11-6+;13-10-;10-7-;9-6-. The first kappa shape index (κ1) is 115. The van der Waals surface area contributed by atoms with Crippen molar-refractivity contribution >= 4 is 155 Å². The Bertz CT molecular complexity index is 7470. The lowest BCUT2D eigenvalue weighted by Crippen LogP contribution is -2.36. The number of carbonyl (C=O) groups is 6. The van der Waals surface area contributed by atoms with Crippen molar-refractivity contribution in [3.63, 3.8) is 0 Å².